The zero-order valence-electron chi connectivity index (χ0n) is 6.38. The van der Waals surface area contributed by atoms with E-state index in [1.165, 1.54) is 12.1 Å². The van der Waals surface area contributed by atoms with Crippen LogP contribution in [0.1, 0.15) is 0 Å². The summed E-state index contributed by atoms with van der Waals surface area (Å²) in [5.74, 6) is 0. The molecule has 0 radical (unpaired) electrons. The standard InChI is InChI=1S/C7H6Cl2N2O2/c8-4-1-5(9)3-6(2-4)11-13-7(10)12/h1-3,11H,(H2,10,12). The molecule has 1 aromatic rings. The monoisotopic (exact) mass is 220 g/mol. The Hall–Kier alpha value is -1.13. The Balaban J connectivity index is 2.71. The number of halogens is 2. The molecule has 0 aliphatic heterocycles. The Labute approximate surface area is 84.5 Å². The summed E-state index contributed by atoms with van der Waals surface area (Å²) in [6.45, 7) is 0. The fourth-order valence-corrected chi connectivity index (χ4v) is 1.25. The maximum atomic E-state index is 10.2. The fourth-order valence-electron chi connectivity index (χ4n) is 0.722. The summed E-state index contributed by atoms with van der Waals surface area (Å²) in [6.07, 6.45) is -0.934. The number of anilines is 1. The van der Waals surface area contributed by atoms with Gasteiger partial charge in [-0.25, -0.2) is 10.3 Å². The zero-order chi connectivity index (χ0) is 9.84. The molecule has 0 aliphatic rings. The van der Waals surface area contributed by atoms with Gasteiger partial charge in [0.25, 0.3) is 0 Å². The molecular weight excluding hydrogens is 215 g/mol. The Morgan fingerprint density at radius 2 is 1.85 bits per heavy atom. The fraction of sp³-hybridized carbons (Fsp3) is 0. The van der Waals surface area contributed by atoms with Crippen molar-refractivity contribution in [2.45, 2.75) is 0 Å². The van der Waals surface area contributed by atoms with Crippen molar-refractivity contribution in [3.8, 4) is 0 Å². The second-order valence-electron chi connectivity index (χ2n) is 2.18. The van der Waals surface area contributed by atoms with Gasteiger partial charge < -0.3 is 10.6 Å². The highest BCUT2D eigenvalue weighted by Gasteiger charge is 1.99. The Morgan fingerprint density at radius 3 is 2.31 bits per heavy atom. The molecule has 0 atom stereocenters. The highest BCUT2D eigenvalue weighted by atomic mass is 35.5. The molecule has 0 saturated heterocycles. The summed E-state index contributed by atoms with van der Waals surface area (Å²) in [5, 5.41) is 0.867. The van der Waals surface area contributed by atoms with Crippen LogP contribution >= 0.6 is 23.2 Å². The second-order valence-corrected chi connectivity index (χ2v) is 3.05. The lowest BCUT2D eigenvalue weighted by atomic mass is 10.3. The average Bonchev–Trinajstić information content (AvgIpc) is 1.99. The van der Waals surface area contributed by atoms with Crippen LogP contribution in [0, 0.1) is 0 Å². The Bertz CT molecular complexity index is 310. The van der Waals surface area contributed by atoms with Crippen LogP contribution in [0.5, 0.6) is 0 Å². The van der Waals surface area contributed by atoms with Gasteiger partial charge in [-0.15, -0.1) is 0 Å². The van der Waals surface area contributed by atoms with Crippen LogP contribution in [-0.2, 0) is 4.84 Å². The van der Waals surface area contributed by atoms with E-state index in [1.54, 1.807) is 6.07 Å². The SMILES string of the molecule is NC(=O)ONc1cc(Cl)cc(Cl)c1. The number of rotatable bonds is 2. The topological polar surface area (TPSA) is 64.4 Å². The van der Waals surface area contributed by atoms with E-state index in [2.05, 4.69) is 10.3 Å². The lowest BCUT2D eigenvalue weighted by Gasteiger charge is -2.04. The molecule has 0 spiro atoms. The normalized spacial score (nSPS) is 9.38. The molecule has 4 nitrogen and oxygen atoms in total. The number of nitrogens with one attached hydrogen (secondary N) is 1. The van der Waals surface area contributed by atoms with Gasteiger partial charge in [0.2, 0.25) is 0 Å². The van der Waals surface area contributed by atoms with Gasteiger partial charge in [0, 0.05) is 10.0 Å². The van der Waals surface area contributed by atoms with Gasteiger partial charge in [0.15, 0.2) is 0 Å². The third-order valence-electron chi connectivity index (χ3n) is 1.13. The van der Waals surface area contributed by atoms with Gasteiger partial charge >= 0.3 is 6.09 Å². The Kier molecular flexibility index (Phi) is 3.22. The third kappa shape index (κ3) is 3.40. The first-order chi connectivity index (χ1) is 6.08. The molecule has 0 bridgehead atoms. The molecule has 0 unspecified atom stereocenters. The molecule has 0 aromatic heterocycles. The summed E-state index contributed by atoms with van der Waals surface area (Å²) in [7, 11) is 0. The van der Waals surface area contributed by atoms with E-state index in [0.717, 1.165) is 0 Å². The van der Waals surface area contributed by atoms with Crippen molar-refractivity contribution in [2.24, 2.45) is 5.73 Å². The van der Waals surface area contributed by atoms with E-state index in [1.807, 2.05) is 0 Å². The number of amides is 1. The summed E-state index contributed by atoms with van der Waals surface area (Å²) < 4.78 is 0. The highest BCUT2D eigenvalue weighted by Crippen LogP contribution is 2.22. The zero-order valence-corrected chi connectivity index (χ0v) is 7.89. The molecule has 0 fully saturated rings. The molecule has 0 saturated carbocycles. The molecule has 13 heavy (non-hydrogen) atoms. The van der Waals surface area contributed by atoms with E-state index in [4.69, 9.17) is 28.9 Å². The maximum Gasteiger partial charge on any atom is 0.428 e. The van der Waals surface area contributed by atoms with Crippen LogP contribution in [0.15, 0.2) is 18.2 Å². The molecule has 1 amide bonds. The summed E-state index contributed by atoms with van der Waals surface area (Å²) >= 11 is 11.3. The van der Waals surface area contributed by atoms with Crippen molar-refractivity contribution in [1.82, 2.24) is 0 Å². The highest BCUT2D eigenvalue weighted by molar-refractivity contribution is 6.35. The first-order valence-corrected chi connectivity index (χ1v) is 4.02. The van der Waals surface area contributed by atoms with Crippen LogP contribution < -0.4 is 11.2 Å². The number of carbonyl (C=O) groups is 1. The van der Waals surface area contributed by atoms with Crippen LogP contribution in [0.25, 0.3) is 0 Å². The minimum atomic E-state index is -0.934. The number of hydrogen-bond acceptors (Lipinski definition) is 3. The van der Waals surface area contributed by atoms with Crippen molar-refractivity contribution in [3.05, 3.63) is 28.2 Å². The number of nitrogens with two attached hydrogens (primary N) is 1. The van der Waals surface area contributed by atoms with Gasteiger partial charge in [-0.1, -0.05) is 23.2 Å². The van der Waals surface area contributed by atoms with E-state index < -0.39 is 6.09 Å². The van der Waals surface area contributed by atoms with Crippen LogP contribution in [0.3, 0.4) is 0 Å². The van der Waals surface area contributed by atoms with Gasteiger partial charge in [0.1, 0.15) is 0 Å². The van der Waals surface area contributed by atoms with Crippen LogP contribution in [0.2, 0.25) is 10.0 Å². The molecule has 0 heterocycles. The van der Waals surface area contributed by atoms with Gasteiger partial charge in [-0.05, 0) is 18.2 Å². The predicted octanol–water partition coefficient (Wildman–Crippen LogP) is 2.42. The maximum absolute atomic E-state index is 10.2. The van der Waals surface area contributed by atoms with E-state index >= 15 is 0 Å². The summed E-state index contributed by atoms with van der Waals surface area (Å²) in [4.78, 5) is 14.5. The molecule has 70 valence electrons. The van der Waals surface area contributed by atoms with E-state index in [9.17, 15) is 4.79 Å². The minimum Gasteiger partial charge on any atom is -0.333 e. The molecule has 0 aliphatic carbocycles. The smallest absolute Gasteiger partial charge is 0.333 e. The van der Waals surface area contributed by atoms with Crippen LogP contribution in [-0.4, -0.2) is 6.09 Å². The average molecular weight is 221 g/mol. The molecule has 6 heteroatoms. The van der Waals surface area contributed by atoms with Gasteiger partial charge in [-0.3, -0.25) is 0 Å². The number of hydrogen-bond donors (Lipinski definition) is 2. The van der Waals surface area contributed by atoms with Gasteiger partial charge in [0.05, 0.1) is 5.69 Å². The quantitative estimate of drug-likeness (QED) is 0.753. The van der Waals surface area contributed by atoms with E-state index in [0.29, 0.717) is 15.7 Å². The summed E-state index contributed by atoms with van der Waals surface area (Å²) in [5.41, 5.74) is 7.46. The van der Waals surface area contributed by atoms with Crippen molar-refractivity contribution >= 4 is 35.0 Å². The summed E-state index contributed by atoms with van der Waals surface area (Å²) in [6, 6.07) is 4.63. The third-order valence-corrected chi connectivity index (χ3v) is 1.57. The molecule has 1 rings (SSSR count). The first kappa shape index (κ1) is 9.95. The lowest BCUT2D eigenvalue weighted by Crippen LogP contribution is -2.17. The molecule has 1 aromatic carbocycles. The largest absolute Gasteiger partial charge is 0.428 e. The van der Waals surface area contributed by atoms with E-state index in [-0.39, 0.29) is 0 Å². The minimum absolute atomic E-state index is 0.433. The van der Waals surface area contributed by atoms with Crippen LogP contribution in [0.4, 0.5) is 10.5 Å². The van der Waals surface area contributed by atoms with Crippen molar-refractivity contribution < 1.29 is 9.63 Å². The van der Waals surface area contributed by atoms with Crippen molar-refractivity contribution in [1.29, 1.82) is 0 Å². The number of primary amides is 1. The number of benzene rings is 1. The lowest BCUT2D eigenvalue weighted by molar-refractivity contribution is 0.180. The Morgan fingerprint density at radius 1 is 1.31 bits per heavy atom. The van der Waals surface area contributed by atoms with Crippen molar-refractivity contribution in [2.75, 3.05) is 5.48 Å². The predicted molar refractivity (Wildman–Crippen MR) is 50.8 cm³/mol. The molecular formula is C7H6Cl2N2O2. The second kappa shape index (κ2) is 4.20. The van der Waals surface area contributed by atoms with Gasteiger partial charge in [-0.2, -0.15) is 0 Å². The molecule has 3 N–H and O–H groups in total. The number of carbonyl (C=O) groups excluding carboxylic acids is 1. The first-order valence-electron chi connectivity index (χ1n) is 3.26. The van der Waals surface area contributed by atoms with Crippen molar-refractivity contribution in [3.63, 3.8) is 0 Å².